The molecule has 23 heavy (non-hydrogen) atoms. The van der Waals surface area contributed by atoms with E-state index in [2.05, 4.69) is 30.6 Å². The van der Waals surface area contributed by atoms with Crippen molar-refractivity contribution < 1.29 is 9.32 Å². The number of nitrogens with zero attached hydrogens (tertiary/aromatic N) is 4. The highest BCUT2D eigenvalue weighted by molar-refractivity contribution is 7.99. The summed E-state index contributed by atoms with van der Waals surface area (Å²) in [5, 5.41) is 14.3. The summed E-state index contributed by atoms with van der Waals surface area (Å²) in [5.41, 5.74) is 2.60. The van der Waals surface area contributed by atoms with Crippen molar-refractivity contribution in [2.45, 2.75) is 26.5 Å². The van der Waals surface area contributed by atoms with Crippen LogP contribution in [0.4, 0.5) is 5.82 Å². The van der Waals surface area contributed by atoms with Gasteiger partial charge in [-0.2, -0.15) is 10.1 Å². The molecule has 1 amide bonds. The standard InChI is InChI=1S/C14H16N6O2S/c1-7-4-8(2)15-13-12(7)14(19-18-13)17-10(21)5-23-6-11-16-9(3)20-22-11/h4H,5-6H2,1-3H3,(H2,15,17,18,19,21). The molecule has 3 heterocycles. The van der Waals surface area contributed by atoms with Crippen molar-refractivity contribution in [2.24, 2.45) is 0 Å². The quantitative estimate of drug-likeness (QED) is 0.736. The zero-order valence-corrected chi connectivity index (χ0v) is 13.8. The van der Waals surface area contributed by atoms with Crippen LogP contribution in [0, 0.1) is 20.8 Å². The highest BCUT2D eigenvalue weighted by Crippen LogP contribution is 2.23. The van der Waals surface area contributed by atoms with Gasteiger partial charge in [0.2, 0.25) is 11.8 Å². The van der Waals surface area contributed by atoms with Crippen molar-refractivity contribution >= 4 is 34.5 Å². The number of carbonyl (C=O) groups excluding carboxylic acids is 1. The van der Waals surface area contributed by atoms with E-state index in [9.17, 15) is 4.79 Å². The van der Waals surface area contributed by atoms with E-state index in [4.69, 9.17) is 4.52 Å². The predicted octanol–water partition coefficient (Wildman–Crippen LogP) is 2.14. The molecule has 9 heteroatoms. The molecule has 3 rings (SSSR count). The maximum atomic E-state index is 12.1. The number of hydrogen-bond donors (Lipinski definition) is 2. The topological polar surface area (TPSA) is 110 Å². The molecule has 120 valence electrons. The minimum atomic E-state index is -0.139. The Morgan fingerprint density at radius 3 is 2.91 bits per heavy atom. The van der Waals surface area contributed by atoms with E-state index < -0.39 is 0 Å². The van der Waals surface area contributed by atoms with Crippen LogP contribution >= 0.6 is 11.8 Å². The molecule has 0 aliphatic rings. The van der Waals surface area contributed by atoms with Crippen LogP contribution in [0.25, 0.3) is 11.0 Å². The Bertz CT molecular complexity index is 856. The van der Waals surface area contributed by atoms with Crippen LogP contribution in [0.1, 0.15) is 23.0 Å². The van der Waals surface area contributed by atoms with Gasteiger partial charge in [-0.25, -0.2) is 4.98 Å². The van der Waals surface area contributed by atoms with Crippen molar-refractivity contribution in [1.29, 1.82) is 0 Å². The van der Waals surface area contributed by atoms with Crippen LogP contribution in [-0.4, -0.2) is 37.0 Å². The number of aromatic nitrogens is 5. The Hall–Kier alpha value is -2.42. The minimum absolute atomic E-state index is 0.139. The number of rotatable bonds is 5. The second kappa shape index (κ2) is 6.37. The summed E-state index contributed by atoms with van der Waals surface area (Å²) >= 11 is 1.40. The van der Waals surface area contributed by atoms with Gasteiger partial charge in [0, 0.05) is 5.69 Å². The Morgan fingerprint density at radius 2 is 2.17 bits per heavy atom. The number of anilines is 1. The number of hydrogen-bond acceptors (Lipinski definition) is 7. The van der Waals surface area contributed by atoms with Gasteiger partial charge in [-0.3, -0.25) is 9.89 Å². The van der Waals surface area contributed by atoms with Gasteiger partial charge >= 0.3 is 0 Å². The molecular weight excluding hydrogens is 316 g/mol. The zero-order valence-electron chi connectivity index (χ0n) is 13.0. The molecule has 0 atom stereocenters. The highest BCUT2D eigenvalue weighted by Gasteiger charge is 2.13. The normalized spacial score (nSPS) is 11.1. The van der Waals surface area contributed by atoms with Gasteiger partial charge < -0.3 is 9.84 Å². The molecule has 0 aromatic carbocycles. The molecule has 3 aromatic heterocycles. The number of fused-ring (bicyclic) bond motifs is 1. The Balaban J connectivity index is 1.62. The summed E-state index contributed by atoms with van der Waals surface area (Å²) in [4.78, 5) is 20.5. The third kappa shape index (κ3) is 3.50. The lowest BCUT2D eigenvalue weighted by atomic mass is 10.2. The Labute approximate surface area is 136 Å². The molecule has 0 aliphatic heterocycles. The summed E-state index contributed by atoms with van der Waals surface area (Å²) in [6, 6.07) is 1.96. The summed E-state index contributed by atoms with van der Waals surface area (Å²) in [6.45, 7) is 5.64. The van der Waals surface area contributed by atoms with Gasteiger partial charge in [0.15, 0.2) is 17.3 Å². The zero-order chi connectivity index (χ0) is 16.4. The number of carbonyl (C=O) groups is 1. The van der Waals surface area contributed by atoms with E-state index in [-0.39, 0.29) is 11.7 Å². The number of thioether (sulfide) groups is 1. The SMILES string of the molecule is Cc1cc(C)c2c(NC(=O)CSCc3nc(C)no3)n[nH]c2n1. The third-order valence-electron chi connectivity index (χ3n) is 3.14. The van der Waals surface area contributed by atoms with E-state index >= 15 is 0 Å². The van der Waals surface area contributed by atoms with Crippen LogP contribution in [0.5, 0.6) is 0 Å². The maximum absolute atomic E-state index is 12.1. The minimum Gasteiger partial charge on any atom is -0.338 e. The molecule has 8 nitrogen and oxygen atoms in total. The molecule has 2 N–H and O–H groups in total. The van der Waals surface area contributed by atoms with Gasteiger partial charge in [-0.05, 0) is 32.4 Å². The maximum Gasteiger partial charge on any atom is 0.236 e. The lowest BCUT2D eigenvalue weighted by molar-refractivity contribution is -0.113. The van der Waals surface area contributed by atoms with Gasteiger partial charge in [0.1, 0.15) is 0 Å². The molecule has 0 saturated heterocycles. The predicted molar refractivity (Wildman–Crippen MR) is 87.2 cm³/mol. The fourth-order valence-corrected chi connectivity index (χ4v) is 2.92. The van der Waals surface area contributed by atoms with Gasteiger partial charge in [0.25, 0.3) is 0 Å². The number of pyridine rings is 1. The summed E-state index contributed by atoms with van der Waals surface area (Å²) in [6.07, 6.45) is 0. The molecule has 0 spiro atoms. The van der Waals surface area contributed by atoms with E-state index in [1.165, 1.54) is 11.8 Å². The van der Waals surface area contributed by atoms with Crippen LogP contribution in [-0.2, 0) is 10.5 Å². The summed E-state index contributed by atoms with van der Waals surface area (Å²) in [7, 11) is 0. The largest absolute Gasteiger partial charge is 0.338 e. The number of nitrogens with one attached hydrogen (secondary N) is 2. The lowest BCUT2D eigenvalue weighted by Crippen LogP contribution is -2.14. The van der Waals surface area contributed by atoms with Gasteiger partial charge in [-0.1, -0.05) is 5.16 Å². The van der Waals surface area contributed by atoms with E-state index in [0.717, 1.165) is 16.6 Å². The number of amides is 1. The molecule has 3 aromatic rings. The number of aromatic amines is 1. The first-order chi connectivity index (χ1) is 11.0. The first-order valence-corrected chi connectivity index (χ1v) is 8.17. The number of H-pyrrole nitrogens is 1. The highest BCUT2D eigenvalue weighted by atomic mass is 32.2. The van der Waals surface area contributed by atoms with Gasteiger partial charge in [0.05, 0.1) is 16.9 Å². The Morgan fingerprint density at radius 1 is 1.35 bits per heavy atom. The monoisotopic (exact) mass is 332 g/mol. The van der Waals surface area contributed by atoms with Crippen LogP contribution in [0.15, 0.2) is 10.6 Å². The van der Waals surface area contributed by atoms with Crippen molar-refractivity contribution in [1.82, 2.24) is 25.3 Å². The fraction of sp³-hybridized carbons (Fsp3) is 0.357. The molecule has 0 saturated carbocycles. The average Bonchev–Trinajstić information content (AvgIpc) is 3.06. The first-order valence-electron chi connectivity index (χ1n) is 7.02. The molecule has 0 fully saturated rings. The van der Waals surface area contributed by atoms with Crippen molar-refractivity contribution in [2.75, 3.05) is 11.1 Å². The molecule has 0 radical (unpaired) electrons. The van der Waals surface area contributed by atoms with Gasteiger partial charge in [-0.15, -0.1) is 11.8 Å². The second-order valence-electron chi connectivity index (χ2n) is 5.15. The number of aryl methyl sites for hydroxylation is 3. The van der Waals surface area contributed by atoms with Crippen LogP contribution in [0.2, 0.25) is 0 Å². The first kappa shape index (κ1) is 15.5. The van der Waals surface area contributed by atoms with E-state index in [1.54, 1.807) is 6.92 Å². The lowest BCUT2D eigenvalue weighted by Gasteiger charge is -2.03. The average molecular weight is 332 g/mol. The summed E-state index contributed by atoms with van der Waals surface area (Å²) in [5.74, 6) is 2.24. The second-order valence-corrected chi connectivity index (χ2v) is 6.14. The van der Waals surface area contributed by atoms with Crippen molar-refractivity contribution in [3.05, 3.63) is 29.0 Å². The van der Waals surface area contributed by atoms with Crippen molar-refractivity contribution in [3.8, 4) is 0 Å². The smallest absolute Gasteiger partial charge is 0.236 e. The van der Waals surface area contributed by atoms with Crippen LogP contribution in [0.3, 0.4) is 0 Å². The molecular formula is C14H16N6O2S. The molecule has 0 unspecified atom stereocenters. The van der Waals surface area contributed by atoms with E-state index in [0.29, 0.717) is 28.9 Å². The van der Waals surface area contributed by atoms with Crippen LogP contribution < -0.4 is 5.32 Å². The Kier molecular flexibility index (Phi) is 4.28. The molecule has 0 bridgehead atoms. The molecule has 0 aliphatic carbocycles. The van der Waals surface area contributed by atoms with E-state index in [1.807, 2.05) is 19.9 Å². The fourth-order valence-electron chi connectivity index (χ4n) is 2.27. The third-order valence-corrected chi connectivity index (χ3v) is 4.06. The van der Waals surface area contributed by atoms with Crippen molar-refractivity contribution in [3.63, 3.8) is 0 Å². The summed E-state index contributed by atoms with van der Waals surface area (Å²) < 4.78 is 5.00.